The lowest BCUT2D eigenvalue weighted by molar-refractivity contribution is -0.124. The molecule has 0 aromatic carbocycles. The van der Waals surface area contributed by atoms with E-state index in [1.807, 2.05) is 6.26 Å². The molecule has 3 nitrogen and oxygen atoms in total. The van der Waals surface area contributed by atoms with Gasteiger partial charge in [-0.3, -0.25) is 4.79 Å². The van der Waals surface area contributed by atoms with Crippen molar-refractivity contribution in [1.29, 1.82) is 0 Å². The van der Waals surface area contributed by atoms with Crippen LogP contribution < -0.4 is 5.32 Å². The summed E-state index contributed by atoms with van der Waals surface area (Å²) in [6.07, 6.45) is 8.28. The Hall–Kier alpha value is -0.220. The maximum Gasteiger partial charge on any atom is 0.220 e. The summed E-state index contributed by atoms with van der Waals surface area (Å²) in [6, 6.07) is 0.110. The fraction of sp³-hybridized carbons (Fsp3) is 0.933. The van der Waals surface area contributed by atoms with E-state index in [1.165, 1.54) is 25.7 Å². The minimum atomic E-state index is 0.110. The van der Waals surface area contributed by atoms with Gasteiger partial charge in [-0.15, -0.1) is 0 Å². The minimum Gasteiger partial charge on any atom is -0.396 e. The molecule has 0 heterocycles. The van der Waals surface area contributed by atoms with E-state index in [0.717, 1.165) is 5.75 Å². The summed E-state index contributed by atoms with van der Waals surface area (Å²) in [5, 5.41) is 12.1. The smallest absolute Gasteiger partial charge is 0.220 e. The first-order chi connectivity index (χ1) is 8.99. The number of aliphatic hydroxyl groups excluding tert-OH is 1. The Morgan fingerprint density at radius 1 is 1.47 bits per heavy atom. The van der Waals surface area contributed by atoms with Gasteiger partial charge in [-0.1, -0.05) is 26.7 Å². The van der Waals surface area contributed by atoms with Gasteiger partial charge in [0.15, 0.2) is 0 Å². The number of nitrogens with one attached hydrogen (secondary N) is 1. The molecule has 1 rings (SSSR count). The summed E-state index contributed by atoms with van der Waals surface area (Å²) in [6.45, 7) is 4.72. The molecule has 2 unspecified atom stereocenters. The van der Waals surface area contributed by atoms with E-state index in [9.17, 15) is 4.79 Å². The number of hydrogen-bond acceptors (Lipinski definition) is 3. The molecular formula is C15H29NO2S. The standard InChI is InChI=1S/C15H29NO2S/c1-15(2)8-5-4-6-12(15)10-14(18)16-13(7-9-17)11-19-3/h12-13,17H,4-11H2,1-3H3,(H,16,18). The quantitative estimate of drug-likeness (QED) is 0.757. The summed E-state index contributed by atoms with van der Waals surface area (Å²) in [5.41, 5.74) is 0.293. The van der Waals surface area contributed by atoms with Crippen LogP contribution in [0.1, 0.15) is 52.4 Å². The van der Waals surface area contributed by atoms with E-state index in [4.69, 9.17) is 5.11 Å². The number of carbonyl (C=O) groups excluding carboxylic acids is 1. The lowest BCUT2D eigenvalue weighted by Gasteiger charge is -2.38. The molecule has 0 radical (unpaired) electrons. The first kappa shape index (κ1) is 16.8. The van der Waals surface area contributed by atoms with Crippen molar-refractivity contribution in [1.82, 2.24) is 5.32 Å². The van der Waals surface area contributed by atoms with E-state index in [1.54, 1.807) is 11.8 Å². The summed E-state index contributed by atoms with van der Waals surface area (Å²) >= 11 is 1.71. The van der Waals surface area contributed by atoms with E-state index < -0.39 is 0 Å². The van der Waals surface area contributed by atoms with E-state index in [0.29, 0.717) is 24.2 Å². The van der Waals surface area contributed by atoms with E-state index in [2.05, 4.69) is 19.2 Å². The van der Waals surface area contributed by atoms with Gasteiger partial charge in [-0.05, 0) is 36.9 Å². The van der Waals surface area contributed by atoms with Gasteiger partial charge in [0.25, 0.3) is 0 Å². The molecule has 4 heteroatoms. The average Bonchev–Trinajstić information content (AvgIpc) is 2.32. The van der Waals surface area contributed by atoms with E-state index in [-0.39, 0.29) is 18.6 Å². The van der Waals surface area contributed by atoms with Crippen LogP contribution in [0.15, 0.2) is 0 Å². The fourth-order valence-corrected chi connectivity index (χ4v) is 3.66. The van der Waals surface area contributed by atoms with Crippen LogP contribution in [-0.4, -0.2) is 35.7 Å². The normalized spacial score (nSPS) is 23.9. The van der Waals surface area contributed by atoms with Gasteiger partial charge in [0, 0.05) is 24.8 Å². The topological polar surface area (TPSA) is 49.3 Å². The van der Waals surface area contributed by atoms with Gasteiger partial charge >= 0.3 is 0 Å². The summed E-state index contributed by atoms with van der Waals surface area (Å²) < 4.78 is 0. The lowest BCUT2D eigenvalue weighted by Crippen LogP contribution is -2.40. The van der Waals surface area contributed by atoms with E-state index >= 15 is 0 Å². The van der Waals surface area contributed by atoms with Gasteiger partial charge in [0.1, 0.15) is 0 Å². The SMILES string of the molecule is CSCC(CCO)NC(=O)CC1CCCCC1(C)C. The Morgan fingerprint density at radius 2 is 2.21 bits per heavy atom. The zero-order chi connectivity index (χ0) is 14.3. The molecule has 0 saturated heterocycles. The van der Waals surface area contributed by atoms with Crippen molar-refractivity contribution in [3.05, 3.63) is 0 Å². The van der Waals surface area contributed by atoms with Crippen LogP contribution in [-0.2, 0) is 4.79 Å². The van der Waals surface area contributed by atoms with Crippen LogP contribution in [0.25, 0.3) is 0 Å². The van der Waals surface area contributed by atoms with Gasteiger partial charge < -0.3 is 10.4 Å². The highest BCUT2D eigenvalue weighted by Gasteiger charge is 2.33. The van der Waals surface area contributed by atoms with Crippen LogP contribution in [0.2, 0.25) is 0 Å². The lowest BCUT2D eigenvalue weighted by atomic mass is 9.67. The van der Waals surface area contributed by atoms with Gasteiger partial charge in [-0.25, -0.2) is 0 Å². The van der Waals surface area contributed by atoms with Crippen molar-refractivity contribution in [3.8, 4) is 0 Å². The zero-order valence-electron chi connectivity index (χ0n) is 12.6. The Bertz CT molecular complexity index is 275. The molecular weight excluding hydrogens is 258 g/mol. The Kier molecular flexibility index (Phi) is 7.22. The van der Waals surface area contributed by atoms with Crippen LogP contribution in [0.4, 0.5) is 0 Å². The number of thioether (sulfide) groups is 1. The van der Waals surface area contributed by atoms with Crippen molar-refractivity contribution < 1.29 is 9.90 Å². The Balaban J connectivity index is 2.44. The molecule has 0 aliphatic heterocycles. The van der Waals surface area contributed by atoms with Crippen molar-refractivity contribution in [2.75, 3.05) is 18.6 Å². The molecule has 2 atom stereocenters. The van der Waals surface area contributed by atoms with Crippen molar-refractivity contribution in [3.63, 3.8) is 0 Å². The Morgan fingerprint density at radius 3 is 2.79 bits per heavy atom. The van der Waals surface area contributed by atoms with Gasteiger partial charge in [-0.2, -0.15) is 11.8 Å². The molecule has 1 aliphatic carbocycles. The second-order valence-electron chi connectivity index (χ2n) is 6.37. The summed E-state index contributed by atoms with van der Waals surface area (Å²) in [5.74, 6) is 1.54. The predicted octanol–water partition coefficient (Wildman–Crippen LogP) is 2.82. The van der Waals surface area contributed by atoms with Crippen LogP contribution in [0.5, 0.6) is 0 Å². The number of aliphatic hydroxyl groups is 1. The molecule has 1 saturated carbocycles. The van der Waals surface area contributed by atoms with Crippen molar-refractivity contribution in [2.24, 2.45) is 11.3 Å². The third kappa shape index (κ3) is 5.74. The largest absolute Gasteiger partial charge is 0.396 e. The predicted molar refractivity (Wildman–Crippen MR) is 82.4 cm³/mol. The highest BCUT2D eigenvalue weighted by molar-refractivity contribution is 7.98. The first-order valence-corrected chi connectivity index (χ1v) is 8.78. The first-order valence-electron chi connectivity index (χ1n) is 7.38. The maximum absolute atomic E-state index is 12.2. The second kappa shape index (κ2) is 8.15. The minimum absolute atomic E-state index is 0.110. The zero-order valence-corrected chi connectivity index (χ0v) is 13.4. The fourth-order valence-electron chi connectivity index (χ4n) is 3.01. The van der Waals surface area contributed by atoms with Crippen LogP contribution in [0, 0.1) is 11.3 Å². The average molecular weight is 287 g/mol. The molecule has 0 aromatic rings. The van der Waals surface area contributed by atoms with Crippen molar-refractivity contribution in [2.45, 2.75) is 58.4 Å². The summed E-state index contributed by atoms with van der Waals surface area (Å²) in [4.78, 5) is 12.2. The third-order valence-corrected chi connectivity index (χ3v) is 5.11. The van der Waals surface area contributed by atoms with Crippen molar-refractivity contribution >= 4 is 17.7 Å². The molecule has 19 heavy (non-hydrogen) atoms. The highest BCUT2D eigenvalue weighted by atomic mass is 32.2. The molecule has 112 valence electrons. The third-order valence-electron chi connectivity index (χ3n) is 4.37. The second-order valence-corrected chi connectivity index (χ2v) is 7.28. The van der Waals surface area contributed by atoms with Crippen LogP contribution >= 0.6 is 11.8 Å². The number of hydrogen-bond donors (Lipinski definition) is 2. The van der Waals surface area contributed by atoms with Gasteiger partial charge in [0.2, 0.25) is 5.91 Å². The molecule has 1 fully saturated rings. The number of amides is 1. The maximum atomic E-state index is 12.2. The van der Waals surface area contributed by atoms with Gasteiger partial charge in [0.05, 0.1) is 0 Å². The molecule has 0 bridgehead atoms. The molecule has 1 amide bonds. The highest BCUT2D eigenvalue weighted by Crippen LogP contribution is 2.42. The molecule has 1 aliphatic rings. The number of rotatable bonds is 7. The summed E-state index contributed by atoms with van der Waals surface area (Å²) in [7, 11) is 0. The molecule has 0 spiro atoms. The van der Waals surface area contributed by atoms with Crippen LogP contribution in [0.3, 0.4) is 0 Å². The monoisotopic (exact) mass is 287 g/mol. The Labute approximate surface area is 121 Å². The molecule has 0 aromatic heterocycles. The molecule has 2 N–H and O–H groups in total. The number of carbonyl (C=O) groups is 1.